The molecule has 4 heteroatoms. The van der Waals surface area contributed by atoms with E-state index in [0.29, 0.717) is 22.4 Å². The summed E-state index contributed by atoms with van der Waals surface area (Å²) in [5, 5.41) is 8.74. The number of nitrogens with two attached hydrogens (primary N) is 2. The Labute approximate surface area is 114 Å². The van der Waals surface area contributed by atoms with Crippen LogP contribution in [0, 0.1) is 0 Å². The molecule has 4 N–H and O–H groups in total. The van der Waals surface area contributed by atoms with Crippen molar-refractivity contribution in [3.63, 3.8) is 0 Å². The van der Waals surface area contributed by atoms with Gasteiger partial charge in [0.1, 0.15) is 11.2 Å². The Hall–Kier alpha value is -2.88. The lowest BCUT2D eigenvalue weighted by molar-refractivity contribution is -0.170. The van der Waals surface area contributed by atoms with Gasteiger partial charge in [0.05, 0.1) is 11.5 Å². The van der Waals surface area contributed by atoms with Gasteiger partial charge in [-0.15, -0.1) is 0 Å². The number of hydrogen-bond donors (Lipinski definition) is 2. The Morgan fingerprint density at radius 3 is 2.65 bits per heavy atom. The molecule has 0 radical (unpaired) electrons. The molecule has 4 nitrogen and oxygen atoms in total. The van der Waals surface area contributed by atoms with E-state index in [1.54, 1.807) is 6.07 Å². The van der Waals surface area contributed by atoms with E-state index in [2.05, 4.69) is 4.98 Å². The van der Waals surface area contributed by atoms with Gasteiger partial charge in [0.2, 0.25) is 5.36 Å². The number of aromatic nitrogens is 1. The van der Waals surface area contributed by atoms with E-state index in [0.717, 1.165) is 22.0 Å². The first-order chi connectivity index (χ1) is 9.72. The van der Waals surface area contributed by atoms with Gasteiger partial charge in [0.15, 0.2) is 11.3 Å². The number of hydrogen-bond acceptors (Lipinski definition) is 3. The largest absolute Gasteiger partial charge is 0.452 e. The zero-order chi connectivity index (χ0) is 13.7. The van der Waals surface area contributed by atoms with Crippen molar-refractivity contribution in [2.24, 2.45) is 0 Å². The Bertz CT molecular complexity index is 988. The molecule has 0 fully saturated rings. The minimum absolute atomic E-state index is 0.649. The predicted octanol–water partition coefficient (Wildman–Crippen LogP) is 1.33. The molecule has 2 aromatic rings. The molecule has 4 rings (SSSR count). The quantitative estimate of drug-likeness (QED) is 0.285. The average Bonchev–Trinajstić information content (AvgIpc) is 2.46. The monoisotopic (exact) mass is 262 g/mol. The molecule has 0 saturated carbocycles. The highest BCUT2D eigenvalue weighted by Crippen LogP contribution is 2.30. The van der Waals surface area contributed by atoms with E-state index >= 15 is 0 Å². The van der Waals surface area contributed by atoms with Crippen molar-refractivity contribution < 1.29 is 9.83 Å². The molecule has 96 valence electrons. The summed E-state index contributed by atoms with van der Waals surface area (Å²) in [7, 11) is 0. The molecule has 0 aromatic heterocycles. The summed E-state index contributed by atoms with van der Waals surface area (Å²) in [5.41, 5.74) is 8.68. The van der Waals surface area contributed by atoms with Crippen LogP contribution in [0.1, 0.15) is 0 Å². The van der Waals surface area contributed by atoms with E-state index in [9.17, 15) is 0 Å². The van der Waals surface area contributed by atoms with Crippen molar-refractivity contribution in [1.82, 2.24) is 4.98 Å². The van der Waals surface area contributed by atoms with E-state index in [4.69, 9.17) is 15.6 Å². The van der Waals surface area contributed by atoms with E-state index in [1.165, 1.54) is 0 Å². The third kappa shape index (κ3) is 1.48. The Balaban J connectivity index is 2.25. The fraction of sp³-hybridized carbons (Fsp3) is 0. The third-order valence-electron chi connectivity index (χ3n) is 3.45. The zero-order valence-corrected chi connectivity index (χ0v) is 10.6. The molecule has 0 amide bonds. The van der Waals surface area contributed by atoms with Crippen molar-refractivity contribution in [1.29, 1.82) is 0 Å². The standard InChI is InChI=1S/C16H11N3O/c17-9-5-6-13-14(7-9)20-15-8-12(18)10-3-1-2-4-11(10)16(15)19-13/h1-8,18H,17H2/p+1. The van der Waals surface area contributed by atoms with Crippen LogP contribution in [0.3, 0.4) is 0 Å². The maximum absolute atomic E-state index is 6.08. The van der Waals surface area contributed by atoms with Crippen molar-refractivity contribution >= 4 is 27.6 Å². The highest BCUT2D eigenvalue weighted by molar-refractivity contribution is 5.96. The normalized spacial score (nSPS) is 11.4. The summed E-state index contributed by atoms with van der Waals surface area (Å²) >= 11 is 0. The van der Waals surface area contributed by atoms with Gasteiger partial charge < -0.3 is 10.2 Å². The van der Waals surface area contributed by atoms with Gasteiger partial charge in [-0.3, -0.25) is 5.41 Å². The lowest BCUT2D eigenvalue weighted by Crippen LogP contribution is -2.45. The van der Waals surface area contributed by atoms with Gasteiger partial charge in [0.25, 0.3) is 0 Å². The number of anilines is 1. The first kappa shape index (κ1) is 11.0. The van der Waals surface area contributed by atoms with Crippen molar-refractivity contribution in [2.75, 3.05) is 5.73 Å². The van der Waals surface area contributed by atoms with Gasteiger partial charge >= 0.3 is 0 Å². The van der Waals surface area contributed by atoms with Crippen LogP contribution < -0.4 is 16.5 Å². The molecule has 20 heavy (non-hydrogen) atoms. The van der Waals surface area contributed by atoms with Gasteiger partial charge in [0, 0.05) is 17.1 Å². The molecule has 2 aliphatic rings. The number of nitrogens with zero attached hydrogens (tertiary/aromatic N) is 1. The van der Waals surface area contributed by atoms with Crippen LogP contribution in [0.25, 0.3) is 33.3 Å². The number of benzene rings is 3. The molecular weight excluding hydrogens is 250 g/mol. The minimum atomic E-state index is 0.649. The summed E-state index contributed by atoms with van der Waals surface area (Å²) in [5.74, 6) is 0.666. The number of nitrogen functional groups attached to an aromatic ring is 1. The van der Waals surface area contributed by atoms with E-state index in [1.807, 2.05) is 42.5 Å². The summed E-state index contributed by atoms with van der Waals surface area (Å²) in [6, 6.07) is 15.2. The maximum Gasteiger partial charge on any atom is 0.208 e. The molecule has 2 aromatic carbocycles. The maximum atomic E-state index is 6.08. The molecule has 0 atom stereocenters. The number of fused-ring (bicyclic) bond motifs is 4. The molecule has 0 unspecified atom stereocenters. The summed E-state index contributed by atoms with van der Waals surface area (Å²) in [6.07, 6.45) is 0. The van der Waals surface area contributed by atoms with Gasteiger partial charge in [-0.2, -0.15) is 0 Å². The third-order valence-corrected chi connectivity index (χ3v) is 3.45. The fourth-order valence-corrected chi connectivity index (χ4v) is 2.50. The average molecular weight is 262 g/mol. The van der Waals surface area contributed by atoms with Crippen LogP contribution in [0.2, 0.25) is 0 Å². The summed E-state index contributed by atoms with van der Waals surface area (Å²) in [4.78, 5) is 4.68. The molecule has 1 aliphatic heterocycles. The van der Waals surface area contributed by atoms with E-state index in [-0.39, 0.29) is 0 Å². The second-order valence-corrected chi connectivity index (χ2v) is 4.80. The molecule has 0 spiro atoms. The Morgan fingerprint density at radius 2 is 1.80 bits per heavy atom. The zero-order valence-electron chi connectivity index (χ0n) is 10.6. The lowest BCUT2D eigenvalue weighted by atomic mass is 10.0. The van der Waals surface area contributed by atoms with Crippen LogP contribution in [0.4, 0.5) is 5.69 Å². The van der Waals surface area contributed by atoms with Crippen molar-refractivity contribution in [3.05, 3.63) is 53.9 Å². The van der Waals surface area contributed by atoms with Gasteiger partial charge in [-0.25, -0.2) is 4.98 Å². The number of rotatable bonds is 0. The van der Waals surface area contributed by atoms with E-state index < -0.39 is 0 Å². The topological polar surface area (TPSA) is 77.6 Å². The smallest absolute Gasteiger partial charge is 0.208 e. The molecular formula is C16H12N3O+. The molecule has 0 saturated heterocycles. The van der Waals surface area contributed by atoms with Crippen molar-refractivity contribution in [2.45, 2.75) is 0 Å². The summed E-state index contributed by atoms with van der Waals surface area (Å²) < 4.78 is 5.89. The molecule has 0 bridgehead atoms. The second-order valence-electron chi connectivity index (χ2n) is 4.80. The van der Waals surface area contributed by atoms with Crippen LogP contribution in [-0.2, 0) is 0 Å². The van der Waals surface area contributed by atoms with Crippen LogP contribution in [0.5, 0.6) is 0 Å². The minimum Gasteiger partial charge on any atom is -0.452 e. The van der Waals surface area contributed by atoms with Crippen LogP contribution in [0.15, 0.2) is 52.9 Å². The highest BCUT2D eigenvalue weighted by atomic mass is 16.3. The SMILES string of the molecule is Nc1ccc2nc3c4ccccc4c(=[NH2+])cc-3oc2c1. The highest BCUT2D eigenvalue weighted by Gasteiger charge is 2.15. The molecule has 1 aliphatic carbocycles. The molecule has 1 heterocycles. The lowest BCUT2D eigenvalue weighted by Gasteiger charge is -2.08. The fourth-order valence-electron chi connectivity index (χ4n) is 2.50. The van der Waals surface area contributed by atoms with Crippen molar-refractivity contribution in [3.8, 4) is 11.5 Å². The van der Waals surface area contributed by atoms with Crippen LogP contribution >= 0.6 is 0 Å². The predicted molar refractivity (Wildman–Crippen MR) is 77.6 cm³/mol. The Morgan fingerprint density at radius 1 is 1.00 bits per heavy atom. The second kappa shape index (κ2) is 3.81. The summed E-state index contributed by atoms with van der Waals surface area (Å²) in [6.45, 7) is 0. The van der Waals surface area contributed by atoms with Gasteiger partial charge in [-0.05, 0) is 18.2 Å². The van der Waals surface area contributed by atoms with Crippen LogP contribution in [-0.4, -0.2) is 4.98 Å². The first-order valence-electron chi connectivity index (χ1n) is 6.33. The van der Waals surface area contributed by atoms with Gasteiger partial charge in [-0.1, -0.05) is 18.2 Å². The Kier molecular flexibility index (Phi) is 2.09. The first-order valence-corrected chi connectivity index (χ1v) is 6.33.